The number of halogens is 3. The van der Waals surface area contributed by atoms with Crippen molar-refractivity contribution in [3.8, 4) is 11.1 Å². The summed E-state index contributed by atoms with van der Waals surface area (Å²) in [4.78, 5) is 32.2. The number of carbonyl (C=O) groups is 1. The molecule has 3 rings (SSSR count). The monoisotopic (exact) mass is 396 g/mol. The second-order valence-electron chi connectivity index (χ2n) is 6.17. The fourth-order valence-electron chi connectivity index (χ4n) is 2.88. The van der Waals surface area contributed by atoms with E-state index in [1.54, 1.807) is 26.0 Å². The van der Waals surface area contributed by atoms with Crippen LogP contribution in [0.3, 0.4) is 0 Å². The van der Waals surface area contributed by atoms with Gasteiger partial charge in [0.05, 0.1) is 18.5 Å². The second kappa shape index (κ2) is 6.62. The molecule has 0 fully saturated rings. The largest absolute Gasteiger partial charge is 0.476 e. The predicted octanol–water partition coefficient (Wildman–Crippen LogP) is 1.80. The van der Waals surface area contributed by atoms with E-state index >= 15 is 0 Å². The van der Waals surface area contributed by atoms with Crippen molar-refractivity contribution in [1.82, 2.24) is 24.1 Å². The van der Waals surface area contributed by atoms with E-state index in [4.69, 9.17) is 5.73 Å². The van der Waals surface area contributed by atoms with Gasteiger partial charge in [0.15, 0.2) is 11.3 Å². The first-order chi connectivity index (χ1) is 13.0. The third-order valence-electron chi connectivity index (χ3n) is 3.94. The molecule has 0 aliphatic rings. The summed E-state index contributed by atoms with van der Waals surface area (Å²) in [6.45, 7) is 2.64. The van der Waals surface area contributed by atoms with Crippen LogP contribution in [0.15, 0.2) is 16.9 Å². The van der Waals surface area contributed by atoms with E-state index in [0.29, 0.717) is 21.6 Å². The van der Waals surface area contributed by atoms with Gasteiger partial charge in [-0.2, -0.15) is 13.2 Å². The fourth-order valence-corrected chi connectivity index (χ4v) is 2.88. The molecule has 0 aromatic carbocycles. The molecule has 0 atom stereocenters. The lowest BCUT2D eigenvalue weighted by atomic mass is 10.0. The van der Waals surface area contributed by atoms with Crippen LogP contribution in [0.1, 0.15) is 28.3 Å². The molecule has 0 bridgehead atoms. The lowest BCUT2D eigenvalue weighted by molar-refractivity contribution is -0.137. The highest BCUT2D eigenvalue weighted by molar-refractivity contribution is 5.98. The van der Waals surface area contributed by atoms with Crippen molar-refractivity contribution in [3.63, 3.8) is 0 Å². The van der Waals surface area contributed by atoms with Crippen molar-refractivity contribution < 1.29 is 23.1 Å². The van der Waals surface area contributed by atoms with E-state index in [1.807, 2.05) is 0 Å². The lowest BCUT2D eigenvalue weighted by Crippen LogP contribution is -2.25. The molecule has 148 valence electrons. The minimum absolute atomic E-state index is 0.0295. The normalized spacial score (nSPS) is 11.9. The Kier molecular flexibility index (Phi) is 4.57. The SMILES string of the molecule is Cc1cc(-c2c(C(=O)O)nc(N)n3c(=O)n(CCC(F)(F)F)nc23)cc(C)n1. The van der Waals surface area contributed by atoms with Crippen molar-refractivity contribution in [1.29, 1.82) is 0 Å². The fraction of sp³-hybridized carbons (Fsp3) is 0.312. The average Bonchev–Trinajstić information content (AvgIpc) is 2.88. The van der Waals surface area contributed by atoms with E-state index in [9.17, 15) is 27.9 Å². The summed E-state index contributed by atoms with van der Waals surface area (Å²) in [6, 6.07) is 3.12. The minimum atomic E-state index is -4.49. The van der Waals surface area contributed by atoms with Crippen molar-refractivity contribution >= 4 is 17.6 Å². The number of alkyl halides is 3. The number of aromatic nitrogens is 5. The Morgan fingerprint density at radius 3 is 2.36 bits per heavy atom. The molecule has 0 amide bonds. The van der Waals surface area contributed by atoms with Gasteiger partial charge in [0.2, 0.25) is 5.95 Å². The topological polar surface area (TPSA) is 128 Å². The van der Waals surface area contributed by atoms with E-state index in [0.717, 1.165) is 4.40 Å². The van der Waals surface area contributed by atoms with Gasteiger partial charge in [-0.15, -0.1) is 5.10 Å². The van der Waals surface area contributed by atoms with Gasteiger partial charge in [-0.05, 0) is 31.5 Å². The third-order valence-corrected chi connectivity index (χ3v) is 3.94. The van der Waals surface area contributed by atoms with Crippen molar-refractivity contribution in [3.05, 3.63) is 39.7 Å². The quantitative estimate of drug-likeness (QED) is 0.688. The molecule has 12 heteroatoms. The number of aryl methyl sites for hydroxylation is 3. The van der Waals surface area contributed by atoms with Crippen LogP contribution in [0.2, 0.25) is 0 Å². The number of nitrogens with zero attached hydrogens (tertiary/aromatic N) is 5. The zero-order chi connectivity index (χ0) is 20.8. The van der Waals surface area contributed by atoms with Crippen LogP contribution < -0.4 is 11.4 Å². The van der Waals surface area contributed by atoms with Crippen LogP contribution in [-0.4, -0.2) is 41.4 Å². The Labute approximate surface area is 155 Å². The van der Waals surface area contributed by atoms with Gasteiger partial charge in [0.25, 0.3) is 0 Å². The first-order valence-electron chi connectivity index (χ1n) is 8.02. The maximum atomic E-state index is 12.5. The second-order valence-corrected chi connectivity index (χ2v) is 6.17. The lowest BCUT2D eigenvalue weighted by Gasteiger charge is -2.10. The Bertz CT molecular complexity index is 1130. The Morgan fingerprint density at radius 2 is 1.82 bits per heavy atom. The summed E-state index contributed by atoms with van der Waals surface area (Å²) >= 11 is 0. The van der Waals surface area contributed by atoms with Gasteiger partial charge in [0.1, 0.15) is 0 Å². The molecule has 0 aliphatic heterocycles. The summed E-state index contributed by atoms with van der Waals surface area (Å²) < 4.78 is 39.0. The molecule has 9 nitrogen and oxygen atoms in total. The highest BCUT2D eigenvalue weighted by atomic mass is 19.4. The number of carboxylic acid groups (broad SMARTS) is 1. The molecule has 3 heterocycles. The summed E-state index contributed by atoms with van der Waals surface area (Å²) in [5.41, 5.74) is 5.56. The van der Waals surface area contributed by atoms with Gasteiger partial charge in [-0.3, -0.25) is 4.98 Å². The number of hydrogen-bond donors (Lipinski definition) is 2. The van der Waals surface area contributed by atoms with E-state index < -0.39 is 42.4 Å². The van der Waals surface area contributed by atoms with Crippen LogP contribution in [-0.2, 0) is 6.54 Å². The summed E-state index contributed by atoms with van der Waals surface area (Å²) in [5, 5.41) is 13.4. The first-order valence-corrected chi connectivity index (χ1v) is 8.02. The van der Waals surface area contributed by atoms with Crippen molar-refractivity contribution in [2.75, 3.05) is 5.73 Å². The standard InChI is InChI=1S/C16H15F3N6O3/c1-7-5-9(6-8(2)21-7)10-11(13(26)27)22-14(20)25-12(10)23-24(15(25)28)4-3-16(17,18)19/h5-6H,3-4H2,1-2H3,(H2,20,22)(H,26,27). The average molecular weight is 396 g/mol. The number of aromatic carboxylic acids is 1. The van der Waals surface area contributed by atoms with Gasteiger partial charge in [-0.1, -0.05) is 0 Å². The number of rotatable bonds is 4. The minimum Gasteiger partial charge on any atom is -0.476 e. The molecule has 3 aromatic rings. The molecular formula is C16H15F3N6O3. The third kappa shape index (κ3) is 3.52. The number of fused-ring (bicyclic) bond motifs is 1. The molecule has 0 spiro atoms. The molecule has 28 heavy (non-hydrogen) atoms. The van der Waals surface area contributed by atoms with E-state index in [2.05, 4.69) is 15.1 Å². The Morgan fingerprint density at radius 1 is 1.21 bits per heavy atom. The highest BCUT2D eigenvalue weighted by Gasteiger charge is 2.29. The van der Waals surface area contributed by atoms with Gasteiger partial charge < -0.3 is 10.8 Å². The van der Waals surface area contributed by atoms with Crippen molar-refractivity contribution in [2.24, 2.45) is 0 Å². The maximum absolute atomic E-state index is 12.5. The zero-order valence-corrected chi connectivity index (χ0v) is 14.8. The highest BCUT2D eigenvalue weighted by Crippen LogP contribution is 2.29. The predicted molar refractivity (Wildman–Crippen MR) is 92.0 cm³/mol. The summed E-state index contributed by atoms with van der Waals surface area (Å²) in [6.07, 6.45) is -5.77. The molecule has 0 radical (unpaired) electrons. The van der Waals surface area contributed by atoms with E-state index in [-0.39, 0.29) is 11.2 Å². The number of hydrogen-bond acceptors (Lipinski definition) is 6. The Balaban J connectivity index is 2.34. The summed E-state index contributed by atoms with van der Waals surface area (Å²) in [7, 11) is 0. The molecule has 3 aromatic heterocycles. The molecule has 0 saturated heterocycles. The van der Waals surface area contributed by atoms with Crippen LogP contribution in [0.5, 0.6) is 0 Å². The number of nitrogen functional groups attached to an aromatic ring is 1. The van der Waals surface area contributed by atoms with Gasteiger partial charge in [0, 0.05) is 11.4 Å². The summed E-state index contributed by atoms with van der Waals surface area (Å²) in [5.74, 6) is -1.91. The van der Waals surface area contributed by atoms with Crippen LogP contribution in [0, 0.1) is 13.8 Å². The van der Waals surface area contributed by atoms with Gasteiger partial charge >= 0.3 is 17.8 Å². The molecule has 0 aliphatic carbocycles. The number of nitrogens with two attached hydrogens (primary N) is 1. The smallest absolute Gasteiger partial charge is 0.390 e. The zero-order valence-electron chi connectivity index (χ0n) is 14.8. The Hall–Kier alpha value is -3.44. The number of pyridine rings is 1. The molecule has 3 N–H and O–H groups in total. The maximum Gasteiger partial charge on any atom is 0.390 e. The van der Waals surface area contributed by atoms with Gasteiger partial charge in [-0.25, -0.2) is 23.7 Å². The number of carboxylic acids is 1. The molecule has 0 unspecified atom stereocenters. The molecular weight excluding hydrogens is 381 g/mol. The van der Waals surface area contributed by atoms with Crippen LogP contribution in [0.4, 0.5) is 19.1 Å². The first kappa shape index (κ1) is 19.3. The van der Waals surface area contributed by atoms with Crippen molar-refractivity contribution in [2.45, 2.75) is 33.0 Å². The van der Waals surface area contributed by atoms with E-state index in [1.165, 1.54) is 0 Å². The molecule has 0 saturated carbocycles. The number of anilines is 1. The van der Waals surface area contributed by atoms with Crippen LogP contribution in [0.25, 0.3) is 16.8 Å². The van der Waals surface area contributed by atoms with Crippen LogP contribution >= 0.6 is 0 Å².